The number of carbonyl (C=O) groups is 1. The fraction of sp³-hybridized carbons (Fsp3) is 0.333. The van der Waals surface area contributed by atoms with Gasteiger partial charge in [-0.3, -0.25) is 9.69 Å². The summed E-state index contributed by atoms with van der Waals surface area (Å²) >= 11 is 0. The minimum Gasteiger partial charge on any atom is -0.336 e. The first-order chi connectivity index (χ1) is 14.5. The van der Waals surface area contributed by atoms with Crippen LogP contribution in [0.1, 0.15) is 34.1 Å². The van der Waals surface area contributed by atoms with Crippen molar-refractivity contribution in [2.24, 2.45) is 0 Å². The highest BCUT2D eigenvalue weighted by Gasteiger charge is 2.26. The Labute approximate surface area is 176 Å². The predicted octanol–water partition coefficient (Wildman–Crippen LogP) is 3.84. The predicted molar refractivity (Wildman–Crippen MR) is 115 cm³/mol. The number of hydrogen-bond acceptors (Lipinski definition) is 3. The van der Waals surface area contributed by atoms with Crippen molar-refractivity contribution in [2.45, 2.75) is 26.8 Å². The Morgan fingerprint density at radius 3 is 2.47 bits per heavy atom. The number of carbonyl (C=O) groups excluding carboxylic acids is 1. The summed E-state index contributed by atoms with van der Waals surface area (Å²) in [6.45, 7) is 8.14. The summed E-state index contributed by atoms with van der Waals surface area (Å²) in [5.41, 5.74) is 4.83. The standard InChI is InChI=1S/C24H27FN4O/c1-3-23-22(16-26-29(23)21-9-7-20(25)8-10-21)24(30)28-13-11-27(12-14-28)17-19-6-4-5-18(2)15-19/h4-10,15-16H,3,11-14,17H2,1-2H3. The second-order valence-corrected chi connectivity index (χ2v) is 7.80. The van der Waals surface area contributed by atoms with Crippen LogP contribution in [0.25, 0.3) is 5.69 Å². The molecule has 1 aromatic heterocycles. The van der Waals surface area contributed by atoms with Crippen molar-refractivity contribution in [2.75, 3.05) is 26.2 Å². The van der Waals surface area contributed by atoms with Gasteiger partial charge in [-0.2, -0.15) is 5.10 Å². The Bertz CT molecular complexity index is 1020. The number of rotatable bonds is 5. The lowest BCUT2D eigenvalue weighted by Gasteiger charge is -2.34. The first-order valence-corrected chi connectivity index (χ1v) is 10.4. The van der Waals surface area contributed by atoms with Gasteiger partial charge < -0.3 is 4.90 Å². The van der Waals surface area contributed by atoms with Crippen molar-refractivity contribution < 1.29 is 9.18 Å². The van der Waals surface area contributed by atoms with E-state index < -0.39 is 0 Å². The maximum absolute atomic E-state index is 13.3. The van der Waals surface area contributed by atoms with Crippen LogP contribution in [0.3, 0.4) is 0 Å². The number of amides is 1. The lowest BCUT2D eigenvalue weighted by molar-refractivity contribution is 0.0627. The topological polar surface area (TPSA) is 41.4 Å². The molecular formula is C24H27FN4O. The summed E-state index contributed by atoms with van der Waals surface area (Å²) in [6, 6.07) is 14.8. The molecule has 0 aliphatic carbocycles. The van der Waals surface area contributed by atoms with Crippen molar-refractivity contribution in [1.82, 2.24) is 19.6 Å². The maximum Gasteiger partial charge on any atom is 0.257 e. The minimum absolute atomic E-state index is 0.0235. The van der Waals surface area contributed by atoms with E-state index in [4.69, 9.17) is 0 Å². The fourth-order valence-electron chi connectivity index (χ4n) is 4.05. The highest BCUT2D eigenvalue weighted by Crippen LogP contribution is 2.19. The molecule has 3 aromatic rings. The average Bonchev–Trinajstić information content (AvgIpc) is 3.18. The van der Waals surface area contributed by atoms with Crippen LogP contribution in [0.15, 0.2) is 54.7 Å². The fourth-order valence-corrected chi connectivity index (χ4v) is 4.05. The molecule has 0 saturated carbocycles. The monoisotopic (exact) mass is 406 g/mol. The van der Waals surface area contributed by atoms with Gasteiger partial charge in [-0.15, -0.1) is 0 Å². The number of aromatic nitrogens is 2. The Morgan fingerprint density at radius 1 is 1.07 bits per heavy atom. The molecule has 6 heteroatoms. The SMILES string of the molecule is CCc1c(C(=O)N2CCN(Cc3cccc(C)c3)CC2)cnn1-c1ccc(F)cc1. The molecule has 1 aliphatic heterocycles. The molecule has 0 radical (unpaired) electrons. The largest absolute Gasteiger partial charge is 0.336 e. The van der Waals surface area contributed by atoms with E-state index in [0.717, 1.165) is 31.0 Å². The van der Waals surface area contributed by atoms with Crippen LogP contribution in [0.2, 0.25) is 0 Å². The highest BCUT2D eigenvalue weighted by atomic mass is 19.1. The van der Waals surface area contributed by atoms with Gasteiger partial charge in [0.05, 0.1) is 23.1 Å². The van der Waals surface area contributed by atoms with Crippen molar-refractivity contribution in [1.29, 1.82) is 0 Å². The van der Waals surface area contributed by atoms with E-state index in [1.54, 1.807) is 23.0 Å². The molecule has 30 heavy (non-hydrogen) atoms. The number of piperazine rings is 1. The van der Waals surface area contributed by atoms with Crippen LogP contribution in [0.4, 0.5) is 4.39 Å². The van der Waals surface area contributed by atoms with Gasteiger partial charge in [0.25, 0.3) is 5.91 Å². The molecule has 1 amide bonds. The first kappa shape index (κ1) is 20.3. The van der Waals surface area contributed by atoms with Gasteiger partial charge in [0.2, 0.25) is 0 Å². The van der Waals surface area contributed by atoms with Crippen LogP contribution >= 0.6 is 0 Å². The zero-order valence-corrected chi connectivity index (χ0v) is 17.5. The Balaban J connectivity index is 1.43. The van der Waals surface area contributed by atoms with Gasteiger partial charge in [-0.25, -0.2) is 9.07 Å². The first-order valence-electron chi connectivity index (χ1n) is 10.4. The summed E-state index contributed by atoms with van der Waals surface area (Å²) in [5.74, 6) is -0.265. The van der Waals surface area contributed by atoms with Crippen LogP contribution < -0.4 is 0 Å². The van der Waals surface area contributed by atoms with Crippen LogP contribution in [0.5, 0.6) is 0 Å². The molecule has 4 rings (SSSR count). The number of halogens is 1. The van der Waals surface area contributed by atoms with Crippen LogP contribution in [-0.4, -0.2) is 51.7 Å². The quantitative estimate of drug-likeness (QED) is 0.647. The van der Waals surface area contributed by atoms with E-state index in [9.17, 15) is 9.18 Å². The lowest BCUT2D eigenvalue weighted by atomic mass is 10.1. The summed E-state index contributed by atoms with van der Waals surface area (Å²) < 4.78 is 15.0. The zero-order chi connectivity index (χ0) is 21.1. The molecule has 1 aliphatic rings. The summed E-state index contributed by atoms with van der Waals surface area (Å²) in [6.07, 6.45) is 2.31. The molecule has 5 nitrogen and oxygen atoms in total. The molecule has 156 valence electrons. The third kappa shape index (κ3) is 4.28. The van der Waals surface area contributed by atoms with Gasteiger partial charge >= 0.3 is 0 Å². The number of nitrogens with zero attached hydrogens (tertiary/aromatic N) is 4. The average molecular weight is 407 g/mol. The third-order valence-electron chi connectivity index (χ3n) is 5.65. The number of aryl methyl sites for hydroxylation is 1. The summed E-state index contributed by atoms with van der Waals surface area (Å²) in [4.78, 5) is 17.5. The molecule has 2 aromatic carbocycles. The van der Waals surface area contributed by atoms with E-state index in [2.05, 4.69) is 41.2 Å². The lowest BCUT2D eigenvalue weighted by Crippen LogP contribution is -2.48. The van der Waals surface area contributed by atoms with Gasteiger partial charge in [0, 0.05) is 32.7 Å². The molecule has 0 bridgehead atoms. The van der Waals surface area contributed by atoms with Gasteiger partial charge in [0.15, 0.2) is 0 Å². The smallest absolute Gasteiger partial charge is 0.257 e. The number of hydrogen-bond donors (Lipinski definition) is 0. The van der Waals surface area contributed by atoms with Crippen molar-refractivity contribution >= 4 is 5.91 Å². The van der Waals surface area contributed by atoms with Crippen molar-refractivity contribution in [3.05, 3.63) is 82.9 Å². The molecule has 0 spiro atoms. The molecule has 0 atom stereocenters. The number of benzene rings is 2. The Morgan fingerprint density at radius 2 is 1.80 bits per heavy atom. The molecule has 1 saturated heterocycles. The van der Waals surface area contributed by atoms with E-state index >= 15 is 0 Å². The Kier molecular flexibility index (Phi) is 5.95. The molecule has 1 fully saturated rings. The van der Waals surface area contributed by atoms with Crippen molar-refractivity contribution in [3.63, 3.8) is 0 Å². The summed E-state index contributed by atoms with van der Waals surface area (Å²) in [7, 11) is 0. The van der Waals surface area contributed by atoms with Gasteiger partial charge in [-0.05, 0) is 43.2 Å². The van der Waals surface area contributed by atoms with Gasteiger partial charge in [-0.1, -0.05) is 36.8 Å². The Hall–Kier alpha value is -2.99. The molecular weight excluding hydrogens is 379 g/mol. The molecule has 0 unspecified atom stereocenters. The van der Waals surface area contributed by atoms with E-state index in [1.807, 2.05) is 11.8 Å². The second kappa shape index (κ2) is 8.79. The minimum atomic E-state index is -0.288. The molecule has 2 heterocycles. The van der Waals surface area contributed by atoms with Crippen LogP contribution in [-0.2, 0) is 13.0 Å². The molecule has 0 N–H and O–H groups in total. The van der Waals surface area contributed by atoms with E-state index in [-0.39, 0.29) is 11.7 Å². The second-order valence-electron chi connectivity index (χ2n) is 7.80. The third-order valence-corrected chi connectivity index (χ3v) is 5.65. The summed E-state index contributed by atoms with van der Waals surface area (Å²) in [5, 5.41) is 4.42. The van der Waals surface area contributed by atoms with Crippen LogP contribution in [0, 0.1) is 12.7 Å². The van der Waals surface area contributed by atoms with Crippen molar-refractivity contribution in [3.8, 4) is 5.69 Å². The van der Waals surface area contributed by atoms with E-state index in [0.29, 0.717) is 25.1 Å². The highest BCUT2D eigenvalue weighted by molar-refractivity contribution is 5.95. The normalized spacial score (nSPS) is 14.8. The van der Waals surface area contributed by atoms with Gasteiger partial charge in [0.1, 0.15) is 5.82 Å². The zero-order valence-electron chi connectivity index (χ0n) is 17.5. The van der Waals surface area contributed by atoms with E-state index in [1.165, 1.54) is 23.3 Å². The maximum atomic E-state index is 13.3.